The molecule has 0 saturated carbocycles. The first-order chi connectivity index (χ1) is 14.8. The number of nitrogens with one attached hydrogen (secondary N) is 1. The van der Waals surface area contributed by atoms with Crippen molar-refractivity contribution >= 4 is 44.3 Å². The molecule has 0 radical (unpaired) electrons. The van der Waals surface area contributed by atoms with Gasteiger partial charge in [0.15, 0.2) is 0 Å². The van der Waals surface area contributed by atoms with Crippen molar-refractivity contribution in [3.8, 4) is 20.5 Å². The van der Waals surface area contributed by atoms with E-state index in [2.05, 4.69) is 14.8 Å². The van der Waals surface area contributed by atoms with Crippen LogP contribution in [0.15, 0.2) is 63.6 Å². The van der Waals surface area contributed by atoms with Crippen LogP contribution in [0.5, 0.6) is 0 Å². The smallest absolute Gasteiger partial charge is 0.266 e. The van der Waals surface area contributed by atoms with E-state index in [1.165, 1.54) is 34.2 Å². The molecule has 0 atom stereocenters. The molecule has 3 aromatic heterocycles. The van der Waals surface area contributed by atoms with E-state index >= 15 is 0 Å². The second kappa shape index (κ2) is 9.01. The average Bonchev–Trinajstić information content (AvgIpc) is 3.39. The number of thiophene rings is 1. The third kappa shape index (κ3) is 4.94. The van der Waals surface area contributed by atoms with Crippen LogP contribution in [0.3, 0.4) is 0 Å². The Hall–Kier alpha value is -2.37. The maximum absolute atomic E-state index is 12.4. The highest BCUT2D eigenvalue weighted by atomic mass is 35.5. The molecule has 1 N–H and O–H groups in total. The summed E-state index contributed by atoms with van der Waals surface area (Å²) in [5, 5.41) is 7.65. The van der Waals surface area contributed by atoms with Crippen LogP contribution in [-0.2, 0) is 16.6 Å². The first-order valence-electron chi connectivity index (χ1n) is 9.18. The van der Waals surface area contributed by atoms with Gasteiger partial charge in [0.1, 0.15) is 10.7 Å². The Morgan fingerprint density at radius 2 is 2.00 bits per heavy atom. The summed E-state index contributed by atoms with van der Waals surface area (Å²) in [4.78, 5) is 18.9. The summed E-state index contributed by atoms with van der Waals surface area (Å²) in [6, 6.07) is 13.1. The minimum Gasteiger partial charge on any atom is -0.268 e. The lowest BCUT2D eigenvalue weighted by atomic mass is 10.3. The van der Waals surface area contributed by atoms with E-state index in [-0.39, 0.29) is 23.5 Å². The molecule has 0 aliphatic carbocycles. The molecule has 31 heavy (non-hydrogen) atoms. The van der Waals surface area contributed by atoms with Gasteiger partial charge in [-0.15, -0.1) is 22.7 Å². The molecule has 3 heterocycles. The van der Waals surface area contributed by atoms with Gasteiger partial charge >= 0.3 is 0 Å². The van der Waals surface area contributed by atoms with Crippen LogP contribution >= 0.6 is 34.3 Å². The fourth-order valence-electron chi connectivity index (χ4n) is 2.87. The second-order valence-corrected chi connectivity index (χ2v) is 10.7. The van der Waals surface area contributed by atoms with Gasteiger partial charge in [-0.3, -0.25) is 4.79 Å². The van der Waals surface area contributed by atoms with Gasteiger partial charge in [-0.05, 0) is 42.6 Å². The third-order valence-electron chi connectivity index (χ3n) is 4.35. The molecule has 0 aliphatic heterocycles. The number of nitrogens with zero attached hydrogens (tertiary/aromatic N) is 3. The molecule has 0 fully saturated rings. The van der Waals surface area contributed by atoms with Crippen molar-refractivity contribution in [2.45, 2.75) is 18.4 Å². The molecule has 4 aromatic rings. The van der Waals surface area contributed by atoms with Crippen molar-refractivity contribution in [3.05, 3.63) is 75.0 Å². The van der Waals surface area contributed by atoms with Crippen molar-refractivity contribution in [3.63, 3.8) is 0 Å². The van der Waals surface area contributed by atoms with Gasteiger partial charge in [-0.2, -0.15) is 5.10 Å². The molecule has 4 rings (SSSR count). The maximum Gasteiger partial charge on any atom is 0.266 e. The largest absolute Gasteiger partial charge is 0.268 e. The van der Waals surface area contributed by atoms with Crippen molar-refractivity contribution in [1.82, 2.24) is 19.5 Å². The average molecular weight is 493 g/mol. The molecule has 0 amide bonds. The van der Waals surface area contributed by atoms with E-state index in [9.17, 15) is 13.2 Å². The number of hydrogen-bond donors (Lipinski definition) is 1. The Morgan fingerprint density at radius 1 is 1.16 bits per heavy atom. The predicted molar refractivity (Wildman–Crippen MR) is 124 cm³/mol. The highest BCUT2D eigenvalue weighted by molar-refractivity contribution is 7.89. The highest BCUT2D eigenvalue weighted by Gasteiger charge is 2.16. The summed E-state index contributed by atoms with van der Waals surface area (Å²) in [5.74, 6) is 0. The van der Waals surface area contributed by atoms with E-state index in [1.807, 2.05) is 24.4 Å². The number of sulfonamides is 1. The first-order valence-corrected chi connectivity index (χ1v) is 12.7. The molecule has 160 valence electrons. The number of thiazole rings is 1. The van der Waals surface area contributed by atoms with Gasteiger partial charge < -0.3 is 0 Å². The Labute approximate surface area is 192 Å². The topological polar surface area (TPSA) is 94.0 Å². The monoisotopic (exact) mass is 492 g/mol. The minimum absolute atomic E-state index is 0.00727. The van der Waals surface area contributed by atoms with Crippen molar-refractivity contribution < 1.29 is 8.42 Å². The summed E-state index contributed by atoms with van der Waals surface area (Å²) in [5.41, 5.74) is 1.13. The Kier molecular flexibility index (Phi) is 6.35. The van der Waals surface area contributed by atoms with Crippen molar-refractivity contribution in [2.24, 2.45) is 0 Å². The molecular weight excluding hydrogens is 476 g/mol. The lowest BCUT2D eigenvalue weighted by Gasteiger charge is -2.09. The molecule has 0 bridgehead atoms. The number of hydrogen-bond acceptors (Lipinski definition) is 7. The van der Waals surface area contributed by atoms with Crippen LogP contribution in [0.25, 0.3) is 20.5 Å². The number of aromatic nitrogens is 3. The minimum atomic E-state index is -3.74. The van der Waals surface area contributed by atoms with Crippen LogP contribution in [0.4, 0.5) is 0 Å². The van der Waals surface area contributed by atoms with E-state index in [0.717, 1.165) is 20.5 Å². The zero-order valence-corrected chi connectivity index (χ0v) is 19.5. The fourth-order valence-corrected chi connectivity index (χ4v) is 6.02. The lowest BCUT2D eigenvalue weighted by Crippen LogP contribution is -2.32. The van der Waals surface area contributed by atoms with Crippen molar-refractivity contribution in [2.75, 3.05) is 6.54 Å². The van der Waals surface area contributed by atoms with Crippen LogP contribution < -0.4 is 10.3 Å². The Bertz CT molecular complexity index is 1380. The Balaban J connectivity index is 1.52. The summed E-state index contributed by atoms with van der Waals surface area (Å²) < 4.78 is 28.6. The molecule has 0 aliphatic rings. The molecular formula is C20H17ClN4O3S3. The van der Waals surface area contributed by atoms with Crippen LogP contribution in [-0.4, -0.2) is 29.7 Å². The van der Waals surface area contributed by atoms with E-state index < -0.39 is 10.0 Å². The number of benzene rings is 1. The van der Waals surface area contributed by atoms with Gasteiger partial charge in [0, 0.05) is 17.6 Å². The van der Waals surface area contributed by atoms with Gasteiger partial charge in [0.2, 0.25) is 10.0 Å². The normalized spacial score (nSPS) is 11.7. The van der Waals surface area contributed by atoms with E-state index in [4.69, 9.17) is 11.6 Å². The van der Waals surface area contributed by atoms with Crippen LogP contribution in [0.1, 0.15) is 5.69 Å². The molecule has 0 unspecified atom stereocenters. The van der Waals surface area contributed by atoms with Crippen LogP contribution in [0, 0.1) is 6.92 Å². The number of halogens is 1. The van der Waals surface area contributed by atoms with Crippen LogP contribution in [0.2, 0.25) is 5.02 Å². The second-order valence-electron chi connectivity index (χ2n) is 6.55. The first kappa shape index (κ1) is 21.8. The van der Waals surface area contributed by atoms with Gasteiger partial charge in [0.25, 0.3) is 5.56 Å². The number of aryl methyl sites for hydroxylation is 1. The SMILES string of the molecule is Cc1nc(-c2cccs2)sc1-c1ccc(=O)n(CCNS(=O)(=O)c2cccc(Cl)c2)n1. The zero-order chi connectivity index (χ0) is 22.0. The maximum atomic E-state index is 12.4. The van der Waals surface area contributed by atoms with E-state index in [0.29, 0.717) is 10.7 Å². The molecule has 0 saturated heterocycles. The fraction of sp³-hybridized carbons (Fsp3) is 0.150. The quantitative estimate of drug-likeness (QED) is 0.420. The highest BCUT2D eigenvalue weighted by Crippen LogP contribution is 2.35. The predicted octanol–water partition coefficient (Wildman–Crippen LogP) is 4.04. The zero-order valence-electron chi connectivity index (χ0n) is 16.3. The lowest BCUT2D eigenvalue weighted by molar-refractivity contribution is 0.549. The van der Waals surface area contributed by atoms with Gasteiger partial charge in [-0.25, -0.2) is 22.8 Å². The standard InChI is InChI=1S/C20H17ClN4O3S3/c1-13-19(30-20(23-13)17-6-3-11-29-17)16-7-8-18(26)25(24-16)10-9-22-31(27,28)15-5-2-4-14(21)12-15/h2-8,11-12,22H,9-10H2,1H3. The third-order valence-corrected chi connectivity index (χ3v) is 8.26. The molecule has 7 nitrogen and oxygen atoms in total. The summed E-state index contributed by atoms with van der Waals surface area (Å²) in [6.45, 7) is 1.99. The molecule has 11 heteroatoms. The molecule has 0 spiro atoms. The molecule has 1 aromatic carbocycles. The van der Waals surface area contributed by atoms with Gasteiger partial charge in [0.05, 0.1) is 26.9 Å². The summed E-state index contributed by atoms with van der Waals surface area (Å²) in [7, 11) is -3.74. The van der Waals surface area contributed by atoms with Crippen molar-refractivity contribution in [1.29, 1.82) is 0 Å². The van der Waals surface area contributed by atoms with E-state index in [1.54, 1.807) is 29.5 Å². The van der Waals surface area contributed by atoms with Gasteiger partial charge in [-0.1, -0.05) is 23.7 Å². The number of rotatable bonds is 7. The summed E-state index contributed by atoms with van der Waals surface area (Å²) >= 11 is 8.99. The Morgan fingerprint density at radius 3 is 2.74 bits per heavy atom. The summed E-state index contributed by atoms with van der Waals surface area (Å²) in [6.07, 6.45) is 0.